The largest absolute Gasteiger partial charge is 0.493 e. The van der Waals surface area contributed by atoms with Crippen molar-refractivity contribution in [2.24, 2.45) is 5.92 Å². The minimum atomic E-state index is -0.361. The smallest absolute Gasteiger partial charge is 0.207 e. The molecule has 0 radical (unpaired) electrons. The van der Waals surface area contributed by atoms with Gasteiger partial charge in [0.05, 0.1) is 19.3 Å². The van der Waals surface area contributed by atoms with E-state index in [4.69, 9.17) is 4.74 Å². The summed E-state index contributed by atoms with van der Waals surface area (Å²) in [7, 11) is 0. The van der Waals surface area contributed by atoms with E-state index in [1.807, 2.05) is 25.1 Å². The van der Waals surface area contributed by atoms with Gasteiger partial charge in [0, 0.05) is 0 Å². The highest BCUT2D eigenvalue weighted by atomic mass is 16.5. The second-order valence-electron chi connectivity index (χ2n) is 5.24. The number of aryl methyl sites for hydroxylation is 1. The number of nitrogens with one attached hydrogen (secondary N) is 1. The summed E-state index contributed by atoms with van der Waals surface area (Å²) < 4.78 is 5.78. The average molecular weight is 279 g/mol. The van der Waals surface area contributed by atoms with Crippen molar-refractivity contribution in [1.29, 1.82) is 0 Å². The number of aliphatic hydroxyl groups is 1. The second-order valence-corrected chi connectivity index (χ2v) is 5.24. The van der Waals surface area contributed by atoms with Gasteiger partial charge in [-0.2, -0.15) is 0 Å². The van der Waals surface area contributed by atoms with Gasteiger partial charge >= 0.3 is 0 Å². The molecule has 0 saturated carbocycles. The maximum atomic E-state index is 10.5. The highest BCUT2D eigenvalue weighted by molar-refractivity contribution is 5.49. The molecule has 1 aromatic carbocycles. The molecule has 0 aromatic heterocycles. The third-order valence-electron chi connectivity index (χ3n) is 3.38. The zero-order valence-corrected chi connectivity index (χ0v) is 12.6. The van der Waals surface area contributed by atoms with Crippen LogP contribution >= 0.6 is 0 Å². The lowest BCUT2D eigenvalue weighted by molar-refractivity contribution is -0.110. The summed E-state index contributed by atoms with van der Waals surface area (Å²) in [5.41, 5.74) is 1.91. The lowest BCUT2D eigenvalue weighted by Crippen LogP contribution is -2.23. The Morgan fingerprint density at radius 2 is 2.20 bits per heavy atom. The van der Waals surface area contributed by atoms with Gasteiger partial charge in [0.15, 0.2) is 0 Å². The second kappa shape index (κ2) is 8.59. The molecular weight excluding hydrogens is 254 g/mol. The van der Waals surface area contributed by atoms with Crippen molar-refractivity contribution >= 4 is 6.41 Å². The van der Waals surface area contributed by atoms with Crippen LogP contribution in [0.5, 0.6) is 5.75 Å². The Labute approximate surface area is 121 Å². The minimum absolute atomic E-state index is 0.118. The first-order valence-corrected chi connectivity index (χ1v) is 7.16. The molecule has 0 aliphatic heterocycles. The van der Waals surface area contributed by atoms with E-state index in [-0.39, 0.29) is 12.6 Å². The third kappa shape index (κ3) is 4.85. The van der Waals surface area contributed by atoms with E-state index in [9.17, 15) is 9.90 Å². The molecule has 1 aromatic rings. The standard InChI is InChI=1S/C16H25NO3/c1-4-5-12(2)10-20-14-6-7-15(13(3)8-14)16(9-18)17-11-19/h6-8,11-12,16,18H,4-5,9-10H2,1-3H3,(H,17,19)/t12?,16-/m0/s1. The molecule has 0 fully saturated rings. The summed E-state index contributed by atoms with van der Waals surface area (Å²) >= 11 is 0. The molecule has 1 unspecified atom stereocenters. The molecule has 0 spiro atoms. The van der Waals surface area contributed by atoms with Crippen molar-refractivity contribution in [3.8, 4) is 5.75 Å². The van der Waals surface area contributed by atoms with Crippen LogP contribution in [-0.2, 0) is 4.79 Å². The van der Waals surface area contributed by atoms with Gasteiger partial charge in [-0.3, -0.25) is 4.79 Å². The molecule has 2 N–H and O–H groups in total. The molecule has 20 heavy (non-hydrogen) atoms. The SMILES string of the molecule is CCCC(C)COc1ccc([C@H](CO)NC=O)c(C)c1. The van der Waals surface area contributed by atoms with Crippen LogP contribution in [0.2, 0.25) is 0 Å². The number of benzene rings is 1. The topological polar surface area (TPSA) is 58.6 Å². The van der Waals surface area contributed by atoms with Gasteiger partial charge in [-0.05, 0) is 42.5 Å². The van der Waals surface area contributed by atoms with E-state index in [1.165, 1.54) is 0 Å². The number of carbonyl (C=O) groups is 1. The van der Waals surface area contributed by atoms with E-state index >= 15 is 0 Å². The number of hydrogen-bond acceptors (Lipinski definition) is 3. The van der Waals surface area contributed by atoms with Gasteiger partial charge in [0.2, 0.25) is 6.41 Å². The van der Waals surface area contributed by atoms with Crippen LogP contribution in [0.15, 0.2) is 18.2 Å². The molecule has 0 aliphatic carbocycles. The van der Waals surface area contributed by atoms with Crippen molar-refractivity contribution in [3.63, 3.8) is 0 Å². The maximum Gasteiger partial charge on any atom is 0.207 e. The molecule has 0 aliphatic rings. The first-order chi connectivity index (χ1) is 9.62. The number of rotatable bonds is 9. The quantitative estimate of drug-likeness (QED) is 0.683. The monoisotopic (exact) mass is 279 g/mol. The molecule has 0 bridgehead atoms. The highest BCUT2D eigenvalue weighted by Gasteiger charge is 2.12. The van der Waals surface area contributed by atoms with Gasteiger partial charge < -0.3 is 15.2 Å². The van der Waals surface area contributed by atoms with E-state index in [0.717, 1.165) is 29.7 Å². The first kappa shape index (κ1) is 16.5. The number of amides is 1. The Balaban J connectivity index is 2.69. The number of carbonyl (C=O) groups excluding carboxylic acids is 1. The Bertz CT molecular complexity index is 420. The Morgan fingerprint density at radius 1 is 1.45 bits per heavy atom. The molecule has 0 heterocycles. The Hall–Kier alpha value is -1.55. The summed E-state index contributed by atoms with van der Waals surface area (Å²) in [4.78, 5) is 10.5. The lowest BCUT2D eigenvalue weighted by atomic mass is 10.0. The van der Waals surface area contributed by atoms with Crippen molar-refractivity contribution < 1.29 is 14.6 Å². The third-order valence-corrected chi connectivity index (χ3v) is 3.38. The van der Waals surface area contributed by atoms with Crippen LogP contribution < -0.4 is 10.1 Å². The normalized spacial score (nSPS) is 13.6. The number of hydrogen-bond donors (Lipinski definition) is 2. The predicted octanol–water partition coefficient (Wildman–Crippen LogP) is 2.59. The van der Waals surface area contributed by atoms with Gasteiger partial charge in [-0.15, -0.1) is 0 Å². The fourth-order valence-electron chi connectivity index (χ4n) is 2.27. The van der Waals surface area contributed by atoms with Gasteiger partial charge in [-0.25, -0.2) is 0 Å². The minimum Gasteiger partial charge on any atom is -0.493 e. The highest BCUT2D eigenvalue weighted by Crippen LogP contribution is 2.23. The fourth-order valence-corrected chi connectivity index (χ4v) is 2.27. The Kier molecular flexibility index (Phi) is 7.09. The van der Waals surface area contributed by atoms with Crippen LogP contribution in [0.4, 0.5) is 0 Å². The zero-order chi connectivity index (χ0) is 15.0. The van der Waals surface area contributed by atoms with Crippen molar-refractivity contribution in [3.05, 3.63) is 29.3 Å². The molecule has 112 valence electrons. The maximum absolute atomic E-state index is 10.5. The number of ether oxygens (including phenoxy) is 1. The van der Waals surface area contributed by atoms with Crippen molar-refractivity contribution in [2.45, 2.75) is 39.7 Å². The predicted molar refractivity (Wildman–Crippen MR) is 79.8 cm³/mol. The van der Waals surface area contributed by atoms with E-state index in [1.54, 1.807) is 0 Å². The summed E-state index contributed by atoms with van der Waals surface area (Å²) in [5.74, 6) is 1.37. The van der Waals surface area contributed by atoms with Crippen molar-refractivity contribution in [1.82, 2.24) is 5.32 Å². The molecule has 1 amide bonds. The molecule has 4 nitrogen and oxygen atoms in total. The van der Waals surface area contributed by atoms with E-state index in [0.29, 0.717) is 18.9 Å². The summed E-state index contributed by atoms with van der Waals surface area (Å²) in [6.45, 7) is 6.90. The molecule has 4 heteroatoms. The van der Waals surface area contributed by atoms with Crippen LogP contribution in [-0.4, -0.2) is 24.7 Å². The van der Waals surface area contributed by atoms with Gasteiger partial charge in [0.1, 0.15) is 5.75 Å². The van der Waals surface area contributed by atoms with Crippen LogP contribution in [0.1, 0.15) is 43.9 Å². The average Bonchev–Trinajstić information content (AvgIpc) is 2.43. The molecule has 2 atom stereocenters. The van der Waals surface area contributed by atoms with Gasteiger partial charge in [-0.1, -0.05) is 26.3 Å². The molecular formula is C16H25NO3. The molecule has 0 saturated heterocycles. The van der Waals surface area contributed by atoms with Crippen LogP contribution in [0.3, 0.4) is 0 Å². The van der Waals surface area contributed by atoms with E-state index in [2.05, 4.69) is 19.2 Å². The van der Waals surface area contributed by atoms with Crippen LogP contribution in [0, 0.1) is 12.8 Å². The number of aliphatic hydroxyl groups excluding tert-OH is 1. The van der Waals surface area contributed by atoms with E-state index < -0.39 is 0 Å². The summed E-state index contributed by atoms with van der Waals surface area (Å²) in [5, 5.41) is 11.9. The first-order valence-electron chi connectivity index (χ1n) is 7.16. The Morgan fingerprint density at radius 3 is 2.75 bits per heavy atom. The van der Waals surface area contributed by atoms with Crippen LogP contribution in [0.25, 0.3) is 0 Å². The van der Waals surface area contributed by atoms with Crippen molar-refractivity contribution in [2.75, 3.05) is 13.2 Å². The lowest BCUT2D eigenvalue weighted by Gasteiger charge is -2.18. The fraction of sp³-hybridized carbons (Fsp3) is 0.562. The summed E-state index contributed by atoms with van der Waals surface area (Å²) in [6.07, 6.45) is 2.93. The zero-order valence-electron chi connectivity index (χ0n) is 12.6. The summed E-state index contributed by atoms with van der Waals surface area (Å²) in [6, 6.07) is 5.37. The van der Waals surface area contributed by atoms with Gasteiger partial charge in [0.25, 0.3) is 0 Å². The molecule has 1 rings (SSSR count).